The second-order valence-electron chi connectivity index (χ2n) is 8.17. The molecule has 0 aliphatic carbocycles. The second-order valence-corrected chi connectivity index (χ2v) is 10.2. The Hall–Kier alpha value is -3.94. The fourth-order valence-corrected chi connectivity index (χ4v) is 4.07. The van der Waals surface area contributed by atoms with E-state index in [1.807, 2.05) is 0 Å². The maximum atomic E-state index is 14.6. The third kappa shape index (κ3) is 5.32. The average molecular weight is 522 g/mol. The summed E-state index contributed by atoms with van der Waals surface area (Å²) >= 11 is 0. The van der Waals surface area contributed by atoms with Gasteiger partial charge in [0.2, 0.25) is 21.9 Å². The summed E-state index contributed by atoms with van der Waals surface area (Å²) in [7, 11) is -2.35. The Bertz CT molecular complexity index is 1440. The highest BCUT2D eigenvalue weighted by Crippen LogP contribution is 2.29. The maximum Gasteiger partial charge on any atom is 0.316 e. The Morgan fingerprint density at radius 2 is 1.92 bits per heavy atom. The summed E-state index contributed by atoms with van der Waals surface area (Å²) in [5.41, 5.74) is 2.46. The lowest BCUT2D eigenvalue weighted by Gasteiger charge is -2.24. The number of alkyl halides is 2. The van der Waals surface area contributed by atoms with Gasteiger partial charge in [-0.15, -0.1) is 0 Å². The first-order valence-corrected chi connectivity index (χ1v) is 12.4. The minimum Gasteiger partial charge on any atom is -0.325 e. The molecule has 36 heavy (non-hydrogen) atoms. The van der Waals surface area contributed by atoms with Crippen LogP contribution in [0, 0.1) is 12.7 Å². The number of nitrogens with one attached hydrogen (secondary N) is 2. The number of aromatic nitrogens is 3. The van der Waals surface area contributed by atoms with Gasteiger partial charge in [-0.1, -0.05) is 12.1 Å². The summed E-state index contributed by atoms with van der Waals surface area (Å²) in [4.78, 5) is 23.9. The first kappa shape index (κ1) is 25.2. The van der Waals surface area contributed by atoms with Gasteiger partial charge < -0.3 is 10.6 Å². The molecule has 0 saturated carbocycles. The molecular weight excluding hydrogens is 499 g/mol. The molecule has 3 heterocycles. The first-order chi connectivity index (χ1) is 16.9. The number of hydrogen-bond acceptors (Lipinski definition) is 8. The number of halogens is 3. The monoisotopic (exact) mass is 521 g/mol. The number of benzene rings is 1. The molecule has 0 radical (unpaired) electrons. The lowest BCUT2D eigenvalue weighted by Crippen LogP contribution is -2.31. The molecule has 1 aliphatic rings. The van der Waals surface area contributed by atoms with Crippen LogP contribution in [0.5, 0.6) is 0 Å². The van der Waals surface area contributed by atoms with Crippen molar-refractivity contribution in [1.29, 1.82) is 0 Å². The molecule has 2 aromatic heterocycles. The quantitative estimate of drug-likeness (QED) is 0.434. The number of carbonyl (C=O) groups excluding carboxylic acids is 1. The molecule has 0 unspecified atom stereocenters. The normalized spacial score (nSPS) is 12.9. The Morgan fingerprint density at radius 1 is 1.17 bits per heavy atom. The summed E-state index contributed by atoms with van der Waals surface area (Å²) in [6.07, 6.45) is 2.01. The Balaban J connectivity index is 1.62. The number of pyridine rings is 1. The van der Waals surface area contributed by atoms with Crippen molar-refractivity contribution in [1.82, 2.24) is 15.0 Å². The van der Waals surface area contributed by atoms with Crippen molar-refractivity contribution >= 4 is 44.9 Å². The largest absolute Gasteiger partial charge is 0.325 e. The molecule has 1 aliphatic heterocycles. The molecule has 0 fully saturated rings. The highest BCUT2D eigenvalue weighted by molar-refractivity contribution is 7.92. The van der Waals surface area contributed by atoms with Gasteiger partial charge in [0.05, 0.1) is 31.1 Å². The highest BCUT2D eigenvalue weighted by atomic mass is 32.2. The van der Waals surface area contributed by atoms with Crippen molar-refractivity contribution in [3.63, 3.8) is 0 Å². The van der Waals surface area contributed by atoms with E-state index in [0.717, 1.165) is 22.3 Å². The van der Waals surface area contributed by atoms with Crippen LogP contribution in [0.4, 0.5) is 42.1 Å². The van der Waals surface area contributed by atoms with Crippen LogP contribution in [0.15, 0.2) is 36.5 Å². The van der Waals surface area contributed by atoms with Gasteiger partial charge in [0.25, 0.3) is 0 Å². The lowest BCUT2D eigenvalue weighted by molar-refractivity contribution is -0.115. The Labute approximate surface area is 205 Å². The van der Waals surface area contributed by atoms with Gasteiger partial charge in [-0.3, -0.25) is 14.0 Å². The van der Waals surface area contributed by atoms with Gasteiger partial charge in [-0.05, 0) is 36.2 Å². The first-order valence-electron chi connectivity index (χ1n) is 10.6. The van der Waals surface area contributed by atoms with E-state index in [4.69, 9.17) is 0 Å². The minimum absolute atomic E-state index is 0.0680. The molecule has 4 rings (SSSR count). The number of fused-ring (bicyclic) bond motifs is 1. The predicted molar refractivity (Wildman–Crippen MR) is 128 cm³/mol. The zero-order valence-electron chi connectivity index (χ0n) is 19.5. The van der Waals surface area contributed by atoms with Crippen molar-refractivity contribution in [3.8, 4) is 0 Å². The third-order valence-electron chi connectivity index (χ3n) is 5.48. The van der Waals surface area contributed by atoms with Crippen LogP contribution in [-0.4, -0.2) is 49.1 Å². The predicted octanol–water partition coefficient (Wildman–Crippen LogP) is 3.18. The van der Waals surface area contributed by atoms with Crippen LogP contribution < -0.4 is 19.8 Å². The number of carbonyl (C=O) groups is 1. The number of hydrogen-bond donors (Lipinski definition) is 2. The number of rotatable bonds is 8. The van der Waals surface area contributed by atoms with Gasteiger partial charge >= 0.3 is 6.55 Å². The molecule has 190 valence electrons. The molecule has 0 atom stereocenters. The number of amides is 1. The molecule has 0 bridgehead atoms. The molecule has 0 spiro atoms. The minimum atomic E-state index is -3.64. The van der Waals surface area contributed by atoms with Crippen LogP contribution >= 0.6 is 0 Å². The van der Waals surface area contributed by atoms with E-state index < -0.39 is 34.8 Å². The smallest absolute Gasteiger partial charge is 0.316 e. The van der Waals surface area contributed by atoms with Gasteiger partial charge in [0.15, 0.2) is 11.6 Å². The number of sulfonamides is 1. The van der Waals surface area contributed by atoms with Crippen molar-refractivity contribution < 1.29 is 26.4 Å². The summed E-state index contributed by atoms with van der Waals surface area (Å²) in [6, 6.07) is 8.00. The fourth-order valence-electron chi connectivity index (χ4n) is 3.57. The van der Waals surface area contributed by atoms with Crippen LogP contribution in [0.2, 0.25) is 0 Å². The maximum absolute atomic E-state index is 14.6. The fraction of sp³-hybridized carbons (Fsp3) is 0.273. The molecule has 1 amide bonds. The second kappa shape index (κ2) is 9.60. The average Bonchev–Trinajstić information content (AvgIpc) is 3.18. The van der Waals surface area contributed by atoms with Crippen LogP contribution in [0.1, 0.15) is 16.8 Å². The summed E-state index contributed by atoms with van der Waals surface area (Å²) < 4.78 is 67.4. The molecule has 3 aromatic rings. The topological polar surface area (TPSA) is 120 Å². The zero-order valence-corrected chi connectivity index (χ0v) is 20.3. The van der Waals surface area contributed by atoms with Crippen molar-refractivity contribution in [2.24, 2.45) is 0 Å². The highest BCUT2D eigenvalue weighted by Gasteiger charge is 2.25. The molecule has 14 heteroatoms. The summed E-state index contributed by atoms with van der Waals surface area (Å²) in [5.74, 6) is -1.97. The molecule has 0 saturated heterocycles. The third-order valence-corrected chi connectivity index (χ3v) is 6.65. The van der Waals surface area contributed by atoms with Gasteiger partial charge in [-0.25, -0.2) is 22.8 Å². The molecular formula is C22H22F3N7O3S. The van der Waals surface area contributed by atoms with Crippen LogP contribution in [0.3, 0.4) is 0 Å². The Kier molecular flexibility index (Phi) is 6.71. The van der Waals surface area contributed by atoms with Crippen molar-refractivity contribution in [2.45, 2.75) is 26.4 Å². The van der Waals surface area contributed by atoms with Crippen LogP contribution in [-0.2, 0) is 27.8 Å². The Morgan fingerprint density at radius 3 is 2.61 bits per heavy atom. The van der Waals surface area contributed by atoms with Gasteiger partial charge in [0, 0.05) is 18.4 Å². The SMILES string of the molecule is Cc1ccc(CN(c2nc(Nc3ccc4c(c3)NC(=O)C4)ncc2F)C(F)F)nc1N(C)S(C)(=O)=O. The van der Waals surface area contributed by atoms with Crippen LogP contribution in [0.25, 0.3) is 0 Å². The number of aryl methyl sites for hydroxylation is 1. The number of nitrogens with zero attached hydrogens (tertiary/aromatic N) is 5. The van der Waals surface area contributed by atoms with E-state index in [2.05, 4.69) is 25.6 Å². The summed E-state index contributed by atoms with van der Waals surface area (Å²) in [6.45, 7) is -2.08. The lowest BCUT2D eigenvalue weighted by atomic mass is 10.1. The molecule has 1 aromatic carbocycles. The standard InChI is InChI=1S/C22H22F3N7O3S/c1-12-4-6-15(27-19(12)31(2)36(3,34)35)11-32(21(24)25)20-16(23)10-26-22(30-20)28-14-7-5-13-8-18(33)29-17(13)9-14/h4-7,9-10,21H,8,11H2,1-3H3,(H,29,33)(H,26,28,30). The molecule has 10 nitrogen and oxygen atoms in total. The zero-order chi connectivity index (χ0) is 26.2. The van der Waals surface area contributed by atoms with Crippen molar-refractivity contribution in [2.75, 3.05) is 33.1 Å². The van der Waals surface area contributed by atoms with E-state index in [1.54, 1.807) is 31.2 Å². The van der Waals surface area contributed by atoms with E-state index >= 15 is 0 Å². The van der Waals surface area contributed by atoms with E-state index in [0.29, 0.717) is 21.8 Å². The van der Waals surface area contributed by atoms with E-state index in [-0.39, 0.29) is 29.8 Å². The van der Waals surface area contributed by atoms with Gasteiger partial charge in [-0.2, -0.15) is 13.8 Å². The van der Waals surface area contributed by atoms with Gasteiger partial charge in [0.1, 0.15) is 5.82 Å². The van der Waals surface area contributed by atoms with Crippen molar-refractivity contribution in [3.05, 3.63) is 59.2 Å². The summed E-state index contributed by atoms with van der Waals surface area (Å²) in [5, 5.41) is 5.52. The molecule has 2 N–H and O–H groups in total. The number of anilines is 5. The van der Waals surface area contributed by atoms with E-state index in [9.17, 15) is 26.4 Å². The van der Waals surface area contributed by atoms with E-state index in [1.165, 1.54) is 13.1 Å².